The highest BCUT2D eigenvalue weighted by molar-refractivity contribution is 14.1. The van der Waals surface area contributed by atoms with Gasteiger partial charge in [-0.25, -0.2) is 4.79 Å². The van der Waals surface area contributed by atoms with E-state index in [4.69, 9.17) is 4.74 Å². The largest absolute Gasteiger partial charge is 0.455 e. The molecule has 0 aliphatic carbocycles. The minimum atomic E-state index is -0.616. The zero-order chi connectivity index (χ0) is 15.8. The number of rotatable bonds is 4. The molecule has 2 rings (SSSR count). The number of fused-ring (bicyclic) bond motifs is 1. The zero-order valence-electron chi connectivity index (χ0n) is 12.0. The molecule has 0 aromatic heterocycles. The van der Waals surface area contributed by atoms with Crippen LogP contribution < -0.4 is 5.32 Å². The van der Waals surface area contributed by atoms with Crippen LogP contribution in [0.25, 0.3) is 0 Å². The highest BCUT2D eigenvalue weighted by Gasteiger charge is 2.53. The number of thioether (sulfide) groups is 1. The second-order valence-corrected chi connectivity index (χ2v) is 7.63. The molecule has 2 aliphatic heterocycles. The van der Waals surface area contributed by atoms with Crippen molar-refractivity contribution in [3.63, 3.8) is 0 Å². The molecular weight excluding hydrogens is 407 g/mol. The van der Waals surface area contributed by atoms with Crippen LogP contribution in [-0.2, 0) is 19.1 Å². The molecule has 1 N–H and O–H groups in total. The number of carbonyl (C=O) groups excluding carboxylic acids is 3. The summed E-state index contributed by atoms with van der Waals surface area (Å²) in [6.07, 6.45) is 0.519. The van der Waals surface area contributed by atoms with Gasteiger partial charge in [0.15, 0.2) is 0 Å². The number of alkyl halides is 1. The van der Waals surface area contributed by atoms with Crippen molar-refractivity contribution in [2.75, 3.05) is 10.2 Å². The Morgan fingerprint density at radius 3 is 2.76 bits per heavy atom. The van der Waals surface area contributed by atoms with Crippen molar-refractivity contribution in [1.29, 1.82) is 0 Å². The number of nitrogens with zero attached hydrogens (tertiary/aromatic N) is 1. The minimum absolute atomic E-state index is 0.225. The molecule has 1 saturated heterocycles. The van der Waals surface area contributed by atoms with Crippen molar-refractivity contribution in [1.82, 2.24) is 10.2 Å². The van der Waals surface area contributed by atoms with Crippen LogP contribution in [0.4, 0.5) is 0 Å². The smallest absolute Gasteiger partial charge is 0.355 e. The van der Waals surface area contributed by atoms with Gasteiger partial charge in [0.2, 0.25) is 6.41 Å². The lowest BCUT2D eigenvalue weighted by molar-refractivity contribution is -0.158. The summed E-state index contributed by atoms with van der Waals surface area (Å²) in [6, 6.07) is -0.555. The van der Waals surface area contributed by atoms with Gasteiger partial charge < -0.3 is 10.1 Å². The van der Waals surface area contributed by atoms with E-state index in [1.54, 1.807) is 32.5 Å². The summed E-state index contributed by atoms with van der Waals surface area (Å²) in [5.74, 6) is -0.0805. The highest BCUT2D eigenvalue weighted by Crippen LogP contribution is 2.41. The van der Waals surface area contributed by atoms with E-state index < -0.39 is 17.6 Å². The van der Waals surface area contributed by atoms with E-state index in [2.05, 4.69) is 27.9 Å². The van der Waals surface area contributed by atoms with Crippen molar-refractivity contribution < 1.29 is 19.1 Å². The first kappa shape index (κ1) is 16.6. The van der Waals surface area contributed by atoms with Crippen LogP contribution in [0.2, 0.25) is 0 Å². The van der Waals surface area contributed by atoms with Gasteiger partial charge in [0.1, 0.15) is 22.7 Å². The quantitative estimate of drug-likeness (QED) is 0.240. The Morgan fingerprint density at radius 1 is 1.57 bits per heavy atom. The topological polar surface area (TPSA) is 75.7 Å². The van der Waals surface area contributed by atoms with Gasteiger partial charge in [-0.3, -0.25) is 14.5 Å². The molecule has 21 heavy (non-hydrogen) atoms. The Bertz CT molecular complexity index is 515. The normalized spacial score (nSPS) is 25.1. The lowest BCUT2D eigenvalue weighted by Crippen LogP contribution is -2.69. The lowest BCUT2D eigenvalue weighted by Gasteiger charge is -2.49. The third-order valence-electron chi connectivity index (χ3n) is 3.05. The number of amides is 2. The van der Waals surface area contributed by atoms with Crippen molar-refractivity contribution in [2.45, 2.75) is 37.8 Å². The van der Waals surface area contributed by atoms with Crippen LogP contribution in [-0.4, -0.2) is 50.4 Å². The molecule has 0 bridgehead atoms. The molecule has 0 unspecified atom stereocenters. The SMILES string of the molecule is CC(C)(C)OC(=O)C1=C(CI)CS[C@H]2[C@H](NC=O)C(=O)N12. The van der Waals surface area contributed by atoms with Crippen molar-refractivity contribution in [3.8, 4) is 0 Å². The fourth-order valence-electron chi connectivity index (χ4n) is 2.19. The van der Waals surface area contributed by atoms with E-state index in [9.17, 15) is 14.4 Å². The fourth-order valence-corrected chi connectivity index (χ4v) is 4.55. The van der Waals surface area contributed by atoms with Gasteiger partial charge in [0, 0.05) is 10.2 Å². The van der Waals surface area contributed by atoms with E-state index in [1.807, 2.05) is 0 Å². The molecule has 2 atom stereocenters. The summed E-state index contributed by atoms with van der Waals surface area (Å²) in [6.45, 7) is 5.37. The zero-order valence-corrected chi connectivity index (χ0v) is 15.0. The molecule has 8 heteroatoms. The second kappa shape index (κ2) is 6.15. The number of halogens is 1. The van der Waals surface area contributed by atoms with E-state index >= 15 is 0 Å². The van der Waals surface area contributed by atoms with Gasteiger partial charge >= 0.3 is 5.97 Å². The van der Waals surface area contributed by atoms with Crippen LogP contribution in [0, 0.1) is 0 Å². The van der Waals surface area contributed by atoms with E-state index in [-0.39, 0.29) is 11.3 Å². The Morgan fingerprint density at radius 2 is 2.24 bits per heavy atom. The van der Waals surface area contributed by atoms with Crippen LogP contribution >= 0.6 is 34.4 Å². The summed E-state index contributed by atoms with van der Waals surface area (Å²) >= 11 is 3.72. The Hall–Kier alpha value is -0.770. The second-order valence-electron chi connectivity index (χ2n) is 5.76. The molecule has 1 fully saturated rings. The highest BCUT2D eigenvalue weighted by atomic mass is 127. The standard InChI is InChI=1S/C13H17IN2O4S/c1-13(2,3)20-12(19)9-7(4-14)5-21-11-8(15-6-17)10(18)16(9)11/h6,8,11H,4-5H2,1-3H3,(H,15,17)/t8-,11+/m1/s1. The van der Waals surface area contributed by atoms with Crippen LogP contribution in [0.15, 0.2) is 11.3 Å². The predicted molar refractivity (Wildman–Crippen MR) is 87.8 cm³/mol. The number of carbonyl (C=O) groups is 3. The molecule has 0 spiro atoms. The molecule has 0 saturated carbocycles. The van der Waals surface area contributed by atoms with E-state index in [0.717, 1.165) is 5.57 Å². The molecule has 116 valence electrons. The first-order valence-corrected chi connectivity index (χ1v) is 9.03. The van der Waals surface area contributed by atoms with Gasteiger partial charge in [0.25, 0.3) is 5.91 Å². The summed E-state index contributed by atoms with van der Waals surface area (Å²) in [5, 5.41) is 2.28. The maximum absolute atomic E-state index is 12.4. The molecule has 0 aromatic rings. The minimum Gasteiger partial charge on any atom is -0.455 e. The van der Waals surface area contributed by atoms with Gasteiger partial charge in [-0.2, -0.15) is 0 Å². The number of hydrogen-bond acceptors (Lipinski definition) is 5. The van der Waals surface area contributed by atoms with E-state index in [0.29, 0.717) is 22.3 Å². The molecule has 6 nitrogen and oxygen atoms in total. The van der Waals surface area contributed by atoms with Crippen LogP contribution in [0.3, 0.4) is 0 Å². The third-order valence-corrected chi connectivity index (χ3v) is 5.31. The maximum Gasteiger partial charge on any atom is 0.355 e. The molecule has 2 amide bonds. The number of esters is 1. The molecule has 0 aromatic carbocycles. The van der Waals surface area contributed by atoms with E-state index in [1.165, 1.54) is 4.90 Å². The predicted octanol–water partition coefficient (Wildman–Crippen LogP) is 1.05. The van der Waals surface area contributed by atoms with Crippen molar-refractivity contribution in [2.24, 2.45) is 0 Å². The van der Waals surface area contributed by atoms with Crippen LogP contribution in [0.1, 0.15) is 20.8 Å². The monoisotopic (exact) mass is 424 g/mol. The molecule has 2 aliphatic rings. The number of ether oxygens (including phenoxy) is 1. The first-order chi connectivity index (χ1) is 9.80. The van der Waals surface area contributed by atoms with Crippen molar-refractivity contribution >= 4 is 52.6 Å². The number of nitrogens with one attached hydrogen (secondary N) is 1. The average molecular weight is 424 g/mol. The first-order valence-electron chi connectivity index (χ1n) is 6.46. The van der Waals surface area contributed by atoms with Gasteiger partial charge in [-0.1, -0.05) is 22.6 Å². The lowest BCUT2D eigenvalue weighted by atomic mass is 10.0. The number of β-lactam (4-membered cyclic amide) rings is 1. The third kappa shape index (κ3) is 3.20. The maximum atomic E-state index is 12.4. The summed E-state index contributed by atoms with van der Waals surface area (Å²) in [5.41, 5.74) is 0.621. The number of hydrogen-bond donors (Lipinski definition) is 1. The molecular formula is C13H17IN2O4S. The summed E-state index contributed by atoms with van der Waals surface area (Å²) < 4.78 is 6.07. The van der Waals surface area contributed by atoms with Gasteiger partial charge in [-0.05, 0) is 26.3 Å². The molecule has 2 heterocycles. The summed E-state index contributed by atoms with van der Waals surface area (Å²) in [7, 11) is 0. The van der Waals surface area contributed by atoms with Crippen LogP contribution in [0.5, 0.6) is 0 Å². The fraction of sp³-hybridized carbons (Fsp3) is 0.615. The summed E-state index contributed by atoms with van der Waals surface area (Å²) in [4.78, 5) is 36.6. The van der Waals surface area contributed by atoms with Crippen molar-refractivity contribution in [3.05, 3.63) is 11.3 Å². The Balaban J connectivity index is 2.27. The van der Waals surface area contributed by atoms with Gasteiger partial charge in [-0.15, -0.1) is 11.8 Å². The van der Waals surface area contributed by atoms with Gasteiger partial charge in [0.05, 0.1) is 0 Å². The Kier molecular flexibility index (Phi) is 4.86. The average Bonchev–Trinajstić information content (AvgIpc) is 2.40. The Labute approximate surface area is 141 Å². The molecule has 0 radical (unpaired) electrons.